The molecule has 2 aliphatic heterocycles. The molecule has 0 spiro atoms. The zero-order valence-corrected chi connectivity index (χ0v) is 15.9. The van der Waals surface area contributed by atoms with E-state index in [1.54, 1.807) is 4.68 Å². The van der Waals surface area contributed by atoms with E-state index in [9.17, 15) is 26.3 Å². The van der Waals surface area contributed by atoms with Crippen LogP contribution in [0.4, 0.5) is 26.3 Å². The summed E-state index contributed by atoms with van der Waals surface area (Å²) in [5, 5.41) is 7.93. The SMILES string of the molecule is C[N+]1(C)[C@@H]2CC[C@H]1CC(n1cc(-c3cc(C(F)(F)F)cc(C(F)(F)F)c3)nn1)C2. The van der Waals surface area contributed by atoms with Crippen molar-refractivity contribution < 1.29 is 30.8 Å². The first kappa shape index (κ1) is 20.2. The van der Waals surface area contributed by atoms with Crippen molar-refractivity contribution in [2.75, 3.05) is 14.1 Å². The molecule has 29 heavy (non-hydrogen) atoms. The van der Waals surface area contributed by atoms with Gasteiger partial charge in [0.05, 0.1) is 49.5 Å². The van der Waals surface area contributed by atoms with Crippen molar-refractivity contribution in [3.05, 3.63) is 35.5 Å². The normalized spacial score (nSPS) is 26.7. The summed E-state index contributed by atoms with van der Waals surface area (Å²) in [6.45, 7) is 0. The summed E-state index contributed by atoms with van der Waals surface area (Å²) in [5.41, 5.74) is -2.94. The molecule has 2 aromatic rings. The first-order chi connectivity index (χ1) is 13.4. The molecule has 0 amide bonds. The highest BCUT2D eigenvalue weighted by Crippen LogP contribution is 2.44. The van der Waals surface area contributed by atoms with Gasteiger partial charge in [0.1, 0.15) is 5.69 Å². The van der Waals surface area contributed by atoms with Gasteiger partial charge in [-0.3, -0.25) is 0 Å². The molecule has 3 heterocycles. The van der Waals surface area contributed by atoms with Crippen molar-refractivity contribution in [1.82, 2.24) is 15.0 Å². The maximum Gasteiger partial charge on any atom is 0.416 e. The quantitative estimate of drug-likeness (QED) is 0.511. The van der Waals surface area contributed by atoms with Gasteiger partial charge in [-0.1, -0.05) is 5.21 Å². The summed E-state index contributed by atoms with van der Waals surface area (Å²) in [6.07, 6.45) is -4.37. The van der Waals surface area contributed by atoms with Crippen molar-refractivity contribution in [2.24, 2.45) is 0 Å². The predicted molar refractivity (Wildman–Crippen MR) is 92.7 cm³/mol. The Balaban J connectivity index is 1.66. The molecule has 0 N–H and O–H groups in total. The molecule has 1 aromatic heterocycles. The fourth-order valence-electron chi connectivity index (χ4n) is 4.76. The third kappa shape index (κ3) is 3.62. The monoisotopic (exact) mass is 419 g/mol. The standard InChI is InChI=1S/C19H21F6N4/c1-29(2)15-3-4-16(29)9-14(8-15)28-10-17(26-27-28)11-5-12(18(20,21)22)7-13(6-11)19(23,24)25/h5-7,10,14-16H,3-4,8-9H2,1-2H3/q+1/t14?,15-,16+. The lowest BCUT2D eigenvalue weighted by molar-refractivity contribution is -0.931. The van der Waals surface area contributed by atoms with Crippen LogP contribution in [0, 0.1) is 0 Å². The van der Waals surface area contributed by atoms with Gasteiger partial charge >= 0.3 is 12.4 Å². The first-order valence-corrected chi connectivity index (χ1v) is 9.40. The molecule has 0 aliphatic carbocycles. The molecule has 4 nitrogen and oxygen atoms in total. The summed E-state index contributed by atoms with van der Waals surface area (Å²) in [7, 11) is 4.40. The number of fused-ring (bicyclic) bond motifs is 2. The molecule has 4 rings (SSSR count). The van der Waals surface area contributed by atoms with Gasteiger partial charge in [-0.25, -0.2) is 4.68 Å². The van der Waals surface area contributed by atoms with Crippen molar-refractivity contribution in [1.29, 1.82) is 0 Å². The molecule has 3 atom stereocenters. The number of nitrogens with zero attached hydrogens (tertiary/aromatic N) is 4. The Morgan fingerprint density at radius 1 is 0.897 bits per heavy atom. The van der Waals surface area contributed by atoms with Crippen LogP contribution >= 0.6 is 0 Å². The molecule has 1 unspecified atom stereocenters. The first-order valence-electron chi connectivity index (χ1n) is 9.40. The Morgan fingerprint density at radius 3 is 1.90 bits per heavy atom. The summed E-state index contributed by atoms with van der Waals surface area (Å²) in [4.78, 5) is 0. The molecule has 2 fully saturated rings. The lowest BCUT2D eigenvalue weighted by Crippen LogP contribution is -2.54. The number of hydrogen-bond acceptors (Lipinski definition) is 2. The number of hydrogen-bond donors (Lipinski definition) is 0. The second-order valence-corrected chi connectivity index (χ2v) is 8.52. The average Bonchev–Trinajstić information content (AvgIpc) is 3.11. The maximum atomic E-state index is 13.1. The fraction of sp³-hybridized carbons (Fsp3) is 0.579. The summed E-state index contributed by atoms with van der Waals surface area (Å²) >= 11 is 0. The van der Waals surface area contributed by atoms with Crippen LogP contribution in [-0.2, 0) is 12.4 Å². The zero-order chi connectivity index (χ0) is 21.2. The van der Waals surface area contributed by atoms with Gasteiger partial charge in [0.2, 0.25) is 0 Å². The molecule has 0 saturated carbocycles. The van der Waals surface area contributed by atoms with Gasteiger partial charge in [-0.05, 0) is 18.2 Å². The minimum atomic E-state index is -4.89. The van der Waals surface area contributed by atoms with E-state index in [-0.39, 0.29) is 23.4 Å². The van der Waals surface area contributed by atoms with E-state index in [4.69, 9.17) is 0 Å². The van der Waals surface area contributed by atoms with Crippen LogP contribution in [0.1, 0.15) is 42.9 Å². The van der Waals surface area contributed by atoms with E-state index in [1.807, 2.05) is 0 Å². The molecular formula is C19H21F6N4+. The van der Waals surface area contributed by atoms with Gasteiger partial charge in [-0.15, -0.1) is 5.10 Å². The van der Waals surface area contributed by atoms with Crippen LogP contribution in [0.3, 0.4) is 0 Å². The van der Waals surface area contributed by atoms with Crippen LogP contribution in [0.5, 0.6) is 0 Å². The number of benzene rings is 1. The third-order valence-corrected chi connectivity index (χ3v) is 6.57. The van der Waals surface area contributed by atoms with E-state index >= 15 is 0 Å². The summed E-state index contributed by atoms with van der Waals surface area (Å²) < 4.78 is 81.2. The second kappa shape index (κ2) is 6.45. The Kier molecular flexibility index (Phi) is 4.49. The molecule has 10 heteroatoms. The molecule has 0 radical (unpaired) electrons. The Bertz CT molecular complexity index is 866. The van der Waals surface area contributed by atoms with Gasteiger partial charge in [0.25, 0.3) is 0 Å². The van der Waals surface area contributed by atoms with E-state index < -0.39 is 23.5 Å². The molecule has 2 saturated heterocycles. The Labute approximate surface area is 163 Å². The molecular weight excluding hydrogens is 398 g/mol. The van der Waals surface area contributed by atoms with Crippen LogP contribution in [-0.4, -0.2) is 45.7 Å². The van der Waals surface area contributed by atoms with Crippen molar-refractivity contribution in [3.63, 3.8) is 0 Å². The topological polar surface area (TPSA) is 30.7 Å². The third-order valence-electron chi connectivity index (χ3n) is 6.57. The molecule has 158 valence electrons. The van der Waals surface area contributed by atoms with Crippen LogP contribution in [0.25, 0.3) is 11.3 Å². The number of rotatable bonds is 2. The molecule has 2 bridgehead atoms. The number of quaternary nitrogens is 1. The minimum Gasteiger partial charge on any atom is -0.323 e. The van der Waals surface area contributed by atoms with Gasteiger partial charge in [0, 0.05) is 31.2 Å². The minimum absolute atomic E-state index is 0.00766. The van der Waals surface area contributed by atoms with Crippen LogP contribution in [0.2, 0.25) is 0 Å². The highest BCUT2D eigenvalue weighted by atomic mass is 19.4. The maximum absolute atomic E-state index is 13.1. The Morgan fingerprint density at radius 2 is 1.41 bits per heavy atom. The summed E-state index contributed by atoms with van der Waals surface area (Å²) in [5.74, 6) is 0. The number of halogens is 6. The number of aromatic nitrogens is 3. The van der Waals surface area contributed by atoms with E-state index in [2.05, 4.69) is 24.4 Å². The van der Waals surface area contributed by atoms with Crippen LogP contribution < -0.4 is 0 Å². The van der Waals surface area contributed by atoms with Crippen molar-refractivity contribution in [3.8, 4) is 11.3 Å². The van der Waals surface area contributed by atoms with E-state index in [1.165, 1.54) is 6.20 Å². The highest BCUT2D eigenvalue weighted by Gasteiger charge is 2.49. The number of piperidine rings is 1. The molecule has 2 aliphatic rings. The average molecular weight is 419 g/mol. The van der Waals surface area contributed by atoms with Crippen LogP contribution in [0.15, 0.2) is 24.4 Å². The number of alkyl halides is 6. The zero-order valence-electron chi connectivity index (χ0n) is 15.9. The lowest BCUT2D eigenvalue weighted by atomic mass is 9.95. The second-order valence-electron chi connectivity index (χ2n) is 8.52. The van der Waals surface area contributed by atoms with E-state index in [0.29, 0.717) is 24.2 Å². The van der Waals surface area contributed by atoms with Gasteiger partial charge in [-0.2, -0.15) is 26.3 Å². The largest absolute Gasteiger partial charge is 0.416 e. The smallest absolute Gasteiger partial charge is 0.323 e. The fourth-order valence-corrected chi connectivity index (χ4v) is 4.76. The lowest BCUT2D eigenvalue weighted by Gasteiger charge is -2.44. The molecule has 1 aromatic carbocycles. The van der Waals surface area contributed by atoms with Gasteiger partial charge < -0.3 is 4.48 Å². The van der Waals surface area contributed by atoms with E-state index in [0.717, 1.165) is 30.2 Å². The predicted octanol–water partition coefficient (Wildman–Crippen LogP) is 4.93. The summed E-state index contributed by atoms with van der Waals surface area (Å²) in [6, 6.07) is 2.48. The van der Waals surface area contributed by atoms with Crippen molar-refractivity contribution >= 4 is 0 Å². The highest BCUT2D eigenvalue weighted by molar-refractivity contribution is 5.61. The van der Waals surface area contributed by atoms with Gasteiger partial charge in [0.15, 0.2) is 0 Å². The Hall–Kier alpha value is -2.10. The van der Waals surface area contributed by atoms with Crippen molar-refractivity contribution in [2.45, 2.75) is 56.2 Å².